The Labute approximate surface area is 155 Å². The Balaban J connectivity index is 1.99. The van der Waals surface area contributed by atoms with E-state index in [1.54, 1.807) is 66.7 Å². The van der Waals surface area contributed by atoms with E-state index in [0.717, 1.165) is 0 Å². The van der Waals surface area contributed by atoms with Gasteiger partial charge >= 0.3 is 0 Å². The number of nitrogens with zero attached hydrogens (tertiary/aromatic N) is 2. The number of phenols is 2. The highest BCUT2D eigenvalue weighted by molar-refractivity contribution is 5.80. The van der Waals surface area contributed by atoms with Crippen molar-refractivity contribution in [3.05, 3.63) is 94.5 Å². The third-order valence-electron chi connectivity index (χ3n) is 4.27. The second-order valence-corrected chi connectivity index (χ2v) is 6.01. The van der Waals surface area contributed by atoms with Gasteiger partial charge in [-0.2, -0.15) is 0 Å². The molecule has 0 radical (unpaired) electrons. The van der Waals surface area contributed by atoms with Crippen molar-refractivity contribution in [2.75, 3.05) is 0 Å². The van der Waals surface area contributed by atoms with Crippen LogP contribution in [0.4, 0.5) is 0 Å². The maximum absolute atomic E-state index is 13.1. The largest absolute Gasteiger partial charge is 0.507 e. The molecule has 5 heteroatoms. The van der Waals surface area contributed by atoms with Crippen LogP contribution in [0.3, 0.4) is 0 Å². The molecule has 1 heterocycles. The zero-order valence-electron chi connectivity index (χ0n) is 14.3. The number of para-hydroxylation sites is 4. The second kappa shape index (κ2) is 6.80. The van der Waals surface area contributed by atoms with Crippen molar-refractivity contribution in [1.29, 1.82) is 0 Å². The van der Waals surface area contributed by atoms with E-state index in [1.165, 1.54) is 10.6 Å². The van der Waals surface area contributed by atoms with Gasteiger partial charge in [-0.05, 0) is 42.5 Å². The van der Waals surface area contributed by atoms with Crippen LogP contribution in [0, 0.1) is 0 Å². The maximum Gasteiger partial charge on any atom is 0.266 e. The van der Waals surface area contributed by atoms with Crippen molar-refractivity contribution in [1.82, 2.24) is 9.55 Å². The van der Waals surface area contributed by atoms with E-state index < -0.39 is 0 Å². The van der Waals surface area contributed by atoms with Gasteiger partial charge in [0.05, 0.1) is 16.6 Å². The summed E-state index contributed by atoms with van der Waals surface area (Å²) >= 11 is 0. The van der Waals surface area contributed by atoms with Crippen LogP contribution in [0.15, 0.2) is 77.6 Å². The first-order chi connectivity index (χ1) is 13.1. The standard InChI is InChI=1S/C22H16N2O3/c25-19-11-5-1-7-15(19)13-14-21-23-17-9-3-2-8-16(17)22(27)24(21)18-10-4-6-12-20(18)26/h1-14,25-26H/b14-13+. The Kier molecular flexibility index (Phi) is 4.18. The Hall–Kier alpha value is -3.86. The Morgan fingerprint density at radius 1 is 0.778 bits per heavy atom. The summed E-state index contributed by atoms with van der Waals surface area (Å²) in [6, 6.07) is 20.6. The predicted octanol–water partition coefficient (Wildman–Crippen LogP) is 3.97. The molecule has 132 valence electrons. The molecule has 4 aromatic rings. The van der Waals surface area contributed by atoms with Crippen molar-refractivity contribution in [3.8, 4) is 17.2 Å². The van der Waals surface area contributed by atoms with Gasteiger partial charge in [-0.3, -0.25) is 9.36 Å². The highest BCUT2D eigenvalue weighted by Gasteiger charge is 2.13. The predicted molar refractivity (Wildman–Crippen MR) is 106 cm³/mol. The van der Waals surface area contributed by atoms with Gasteiger partial charge in [0.2, 0.25) is 0 Å². The summed E-state index contributed by atoms with van der Waals surface area (Å²) in [6.45, 7) is 0. The van der Waals surface area contributed by atoms with E-state index in [2.05, 4.69) is 4.98 Å². The molecule has 0 unspecified atom stereocenters. The van der Waals surface area contributed by atoms with Crippen molar-refractivity contribution in [2.24, 2.45) is 0 Å². The van der Waals surface area contributed by atoms with Crippen LogP contribution in [0.1, 0.15) is 11.4 Å². The minimum Gasteiger partial charge on any atom is -0.507 e. The van der Waals surface area contributed by atoms with Crippen molar-refractivity contribution < 1.29 is 10.2 Å². The summed E-state index contributed by atoms with van der Waals surface area (Å²) in [7, 11) is 0. The number of aromatic nitrogens is 2. The molecular formula is C22H16N2O3. The molecule has 1 aromatic heterocycles. The van der Waals surface area contributed by atoms with Crippen LogP contribution in [0.2, 0.25) is 0 Å². The Bertz CT molecular complexity index is 1230. The van der Waals surface area contributed by atoms with Gasteiger partial charge in [-0.25, -0.2) is 4.98 Å². The molecule has 0 aliphatic heterocycles. The van der Waals surface area contributed by atoms with Gasteiger partial charge in [-0.15, -0.1) is 0 Å². The minimum absolute atomic E-state index is 0.0195. The van der Waals surface area contributed by atoms with Gasteiger partial charge in [0.15, 0.2) is 0 Å². The fraction of sp³-hybridized carbons (Fsp3) is 0. The molecule has 0 aliphatic carbocycles. The Morgan fingerprint density at radius 2 is 1.44 bits per heavy atom. The number of hydrogen-bond acceptors (Lipinski definition) is 4. The molecule has 3 aromatic carbocycles. The number of hydrogen-bond donors (Lipinski definition) is 2. The lowest BCUT2D eigenvalue weighted by Crippen LogP contribution is -2.22. The molecule has 0 fully saturated rings. The molecule has 0 spiro atoms. The highest BCUT2D eigenvalue weighted by Crippen LogP contribution is 2.23. The molecule has 0 bridgehead atoms. The van der Waals surface area contributed by atoms with Crippen LogP contribution < -0.4 is 5.56 Å². The van der Waals surface area contributed by atoms with Crippen molar-refractivity contribution in [2.45, 2.75) is 0 Å². The van der Waals surface area contributed by atoms with Crippen LogP contribution in [0.5, 0.6) is 11.5 Å². The summed E-state index contributed by atoms with van der Waals surface area (Å²) in [5.41, 5.74) is 1.23. The van der Waals surface area contributed by atoms with Gasteiger partial charge < -0.3 is 10.2 Å². The summed E-state index contributed by atoms with van der Waals surface area (Å²) in [5, 5.41) is 20.7. The normalized spacial score (nSPS) is 11.3. The first kappa shape index (κ1) is 16.6. The lowest BCUT2D eigenvalue weighted by Gasteiger charge is -2.12. The molecule has 5 nitrogen and oxygen atoms in total. The van der Waals surface area contributed by atoms with E-state index in [1.807, 2.05) is 12.1 Å². The van der Waals surface area contributed by atoms with Gasteiger partial charge in [0.25, 0.3) is 5.56 Å². The number of aromatic hydroxyl groups is 2. The molecule has 2 N–H and O–H groups in total. The number of phenolic OH excluding ortho intramolecular Hbond substituents is 2. The zero-order valence-corrected chi connectivity index (χ0v) is 14.3. The van der Waals surface area contributed by atoms with E-state index in [4.69, 9.17) is 0 Å². The fourth-order valence-corrected chi connectivity index (χ4v) is 2.94. The van der Waals surface area contributed by atoms with Gasteiger partial charge in [0.1, 0.15) is 17.3 Å². The zero-order chi connectivity index (χ0) is 18.8. The number of benzene rings is 3. The van der Waals surface area contributed by atoms with E-state index in [-0.39, 0.29) is 17.1 Å². The smallest absolute Gasteiger partial charge is 0.266 e. The van der Waals surface area contributed by atoms with Crippen LogP contribution in [-0.4, -0.2) is 19.8 Å². The summed E-state index contributed by atoms with van der Waals surface area (Å²) in [4.78, 5) is 17.7. The number of fused-ring (bicyclic) bond motifs is 1. The lowest BCUT2D eigenvalue weighted by atomic mass is 10.1. The first-order valence-corrected chi connectivity index (χ1v) is 8.41. The first-order valence-electron chi connectivity index (χ1n) is 8.41. The molecule has 27 heavy (non-hydrogen) atoms. The maximum atomic E-state index is 13.1. The lowest BCUT2D eigenvalue weighted by molar-refractivity contribution is 0.471. The topological polar surface area (TPSA) is 75.3 Å². The molecule has 0 saturated carbocycles. The molecule has 0 amide bonds. The third kappa shape index (κ3) is 3.06. The summed E-state index contributed by atoms with van der Waals surface area (Å²) < 4.78 is 1.37. The quantitative estimate of drug-likeness (QED) is 0.582. The summed E-state index contributed by atoms with van der Waals surface area (Å²) in [6.07, 6.45) is 3.33. The van der Waals surface area contributed by atoms with Crippen molar-refractivity contribution >= 4 is 23.1 Å². The molecule has 0 atom stereocenters. The SMILES string of the molecule is O=c1c2ccccc2nc(/C=C/c2ccccc2O)n1-c1ccccc1O. The highest BCUT2D eigenvalue weighted by atomic mass is 16.3. The minimum atomic E-state index is -0.279. The van der Waals surface area contributed by atoms with Crippen LogP contribution in [-0.2, 0) is 0 Å². The fourth-order valence-electron chi connectivity index (χ4n) is 2.94. The van der Waals surface area contributed by atoms with Crippen LogP contribution >= 0.6 is 0 Å². The molecule has 0 saturated heterocycles. The van der Waals surface area contributed by atoms with Crippen LogP contribution in [0.25, 0.3) is 28.7 Å². The van der Waals surface area contributed by atoms with Gasteiger partial charge in [0, 0.05) is 5.56 Å². The monoisotopic (exact) mass is 356 g/mol. The van der Waals surface area contributed by atoms with E-state index in [0.29, 0.717) is 28.0 Å². The second-order valence-electron chi connectivity index (χ2n) is 6.01. The van der Waals surface area contributed by atoms with Crippen molar-refractivity contribution in [3.63, 3.8) is 0 Å². The molecule has 0 aliphatic rings. The van der Waals surface area contributed by atoms with Gasteiger partial charge in [-0.1, -0.05) is 42.5 Å². The van der Waals surface area contributed by atoms with E-state index >= 15 is 0 Å². The average molecular weight is 356 g/mol. The third-order valence-corrected chi connectivity index (χ3v) is 4.27. The Morgan fingerprint density at radius 3 is 2.22 bits per heavy atom. The molecule has 4 rings (SSSR count). The summed E-state index contributed by atoms with van der Waals surface area (Å²) in [5.74, 6) is 0.461. The number of rotatable bonds is 3. The van der Waals surface area contributed by atoms with E-state index in [9.17, 15) is 15.0 Å². The molecular weight excluding hydrogens is 340 g/mol. The average Bonchev–Trinajstić information content (AvgIpc) is 2.68.